The molecule has 0 radical (unpaired) electrons. The first kappa shape index (κ1) is 15.5. The van der Waals surface area contributed by atoms with Gasteiger partial charge in [-0.2, -0.15) is 0 Å². The summed E-state index contributed by atoms with van der Waals surface area (Å²) in [5.41, 5.74) is 0. The second-order valence-electron chi connectivity index (χ2n) is 4.88. The van der Waals surface area contributed by atoms with Crippen LogP contribution in [0.25, 0.3) is 0 Å². The number of hydrogen-bond acceptors (Lipinski definition) is 2. The highest BCUT2D eigenvalue weighted by Gasteiger charge is 2.11. The van der Waals surface area contributed by atoms with E-state index in [2.05, 4.69) is 37.9 Å². The predicted molar refractivity (Wildman–Crippen MR) is 83.4 cm³/mol. The molecule has 0 spiro atoms. The quantitative estimate of drug-likeness (QED) is 0.451. The van der Waals surface area contributed by atoms with Crippen molar-refractivity contribution < 1.29 is 0 Å². The van der Waals surface area contributed by atoms with Crippen LogP contribution in [0.4, 0.5) is 0 Å². The first-order valence-electron chi connectivity index (χ1n) is 7.18. The lowest BCUT2D eigenvalue weighted by molar-refractivity contribution is 0.478. The molecular weight excluding hydrogens is 238 g/mol. The van der Waals surface area contributed by atoms with E-state index in [0.717, 1.165) is 13.0 Å². The van der Waals surface area contributed by atoms with Crippen LogP contribution in [-0.2, 0) is 0 Å². The maximum Gasteiger partial charge on any atom is 0.0414 e. The number of thiophene rings is 1. The van der Waals surface area contributed by atoms with Crippen LogP contribution in [0.15, 0.2) is 24.8 Å². The van der Waals surface area contributed by atoms with Crippen LogP contribution in [0.5, 0.6) is 0 Å². The van der Waals surface area contributed by atoms with Crippen molar-refractivity contribution in [3.05, 3.63) is 34.5 Å². The zero-order valence-electron chi connectivity index (χ0n) is 11.9. The van der Waals surface area contributed by atoms with Crippen molar-refractivity contribution in [3.8, 4) is 0 Å². The summed E-state index contributed by atoms with van der Waals surface area (Å²) in [6.45, 7) is 9.31. The fourth-order valence-corrected chi connectivity index (χ4v) is 3.11. The lowest BCUT2D eigenvalue weighted by Gasteiger charge is -2.17. The van der Waals surface area contributed by atoms with Crippen LogP contribution in [0.2, 0.25) is 0 Å². The van der Waals surface area contributed by atoms with Gasteiger partial charge in [-0.1, -0.05) is 25.8 Å². The number of rotatable bonds is 10. The molecular formula is C16H27NS. The highest BCUT2D eigenvalue weighted by molar-refractivity contribution is 7.12. The summed E-state index contributed by atoms with van der Waals surface area (Å²) in [7, 11) is 0. The van der Waals surface area contributed by atoms with Crippen molar-refractivity contribution in [1.82, 2.24) is 5.32 Å². The minimum Gasteiger partial charge on any atom is -0.309 e. The SMILES string of the molecule is C=CCCCCCC(NCCC)c1ccc(C)s1. The molecule has 0 bridgehead atoms. The number of hydrogen-bond donors (Lipinski definition) is 1. The smallest absolute Gasteiger partial charge is 0.0414 e. The van der Waals surface area contributed by atoms with E-state index in [1.807, 2.05) is 17.4 Å². The van der Waals surface area contributed by atoms with Crippen molar-refractivity contribution in [2.24, 2.45) is 0 Å². The van der Waals surface area contributed by atoms with Gasteiger partial charge >= 0.3 is 0 Å². The van der Waals surface area contributed by atoms with Crippen LogP contribution in [-0.4, -0.2) is 6.54 Å². The van der Waals surface area contributed by atoms with Gasteiger partial charge in [0, 0.05) is 15.8 Å². The normalized spacial score (nSPS) is 12.6. The minimum absolute atomic E-state index is 0.562. The van der Waals surface area contributed by atoms with E-state index < -0.39 is 0 Å². The average molecular weight is 265 g/mol. The summed E-state index contributed by atoms with van der Waals surface area (Å²) in [4.78, 5) is 2.92. The van der Waals surface area contributed by atoms with Crippen LogP contribution < -0.4 is 5.32 Å². The standard InChI is InChI=1S/C16H27NS/c1-4-6-7-8-9-10-15(17-13-5-2)16-12-11-14(3)18-16/h4,11-12,15,17H,1,5-10,13H2,2-3H3. The maximum absolute atomic E-state index is 3.77. The highest BCUT2D eigenvalue weighted by Crippen LogP contribution is 2.27. The van der Waals surface area contributed by atoms with E-state index in [0.29, 0.717) is 6.04 Å². The van der Waals surface area contributed by atoms with Crippen LogP contribution >= 0.6 is 11.3 Å². The monoisotopic (exact) mass is 265 g/mol. The molecule has 1 atom stereocenters. The molecule has 1 aromatic heterocycles. The largest absolute Gasteiger partial charge is 0.309 e. The Bertz CT molecular complexity index is 330. The average Bonchev–Trinajstić information content (AvgIpc) is 2.79. The van der Waals surface area contributed by atoms with Crippen molar-refractivity contribution in [2.75, 3.05) is 6.54 Å². The van der Waals surface area contributed by atoms with E-state index in [1.54, 1.807) is 0 Å². The minimum atomic E-state index is 0.562. The van der Waals surface area contributed by atoms with Gasteiger partial charge in [-0.15, -0.1) is 17.9 Å². The summed E-state index contributed by atoms with van der Waals surface area (Å²) in [5.74, 6) is 0. The van der Waals surface area contributed by atoms with Crippen LogP contribution in [0, 0.1) is 6.92 Å². The maximum atomic E-state index is 3.77. The third-order valence-electron chi connectivity index (χ3n) is 3.15. The Kier molecular flexibility index (Phi) is 8.03. The Balaban J connectivity index is 2.38. The molecule has 0 fully saturated rings. The Labute approximate surface area is 116 Å². The summed E-state index contributed by atoms with van der Waals surface area (Å²) in [6.07, 6.45) is 9.56. The molecule has 0 saturated carbocycles. The first-order chi connectivity index (χ1) is 8.77. The Hall–Kier alpha value is -0.600. The van der Waals surface area contributed by atoms with E-state index in [-0.39, 0.29) is 0 Å². The molecule has 1 N–H and O–H groups in total. The van der Waals surface area contributed by atoms with E-state index in [9.17, 15) is 0 Å². The van der Waals surface area contributed by atoms with Crippen LogP contribution in [0.1, 0.15) is 61.2 Å². The molecule has 1 nitrogen and oxygen atoms in total. The fraction of sp³-hybridized carbons (Fsp3) is 0.625. The predicted octanol–water partition coefficient (Wildman–Crippen LogP) is 5.23. The Morgan fingerprint density at radius 3 is 2.78 bits per heavy atom. The second-order valence-corrected chi connectivity index (χ2v) is 6.20. The van der Waals surface area contributed by atoms with Gasteiger partial charge in [0.1, 0.15) is 0 Å². The molecule has 0 aromatic carbocycles. The molecule has 1 unspecified atom stereocenters. The lowest BCUT2D eigenvalue weighted by atomic mass is 10.1. The van der Waals surface area contributed by atoms with Crippen molar-refractivity contribution >= 4 is 11.3 Å². The van der Waals surface area contributed by atoms with Gasteiger partial charge in [-0.3, -0.25) is 0 Å². The number of unbranched alkanes of at least 4 members (excludes halogenated alkanes) is 3. The van der Waals surface area contributed by atoms with Gasteiger partial charge in [0.2, 0.25) is 0 Å². The van der Waals surface area contributed by atoms with Crippen LogP contribution in [0.3, 0.4) is 0 Å². The molecule has 102 valence electrons. The lowest BCUT2D eigenvalue weighted by Crippen LogP contribution is -2.21. The molecule has 1 aromatic rings. The molecule has 0 aliphatic heterocycles. The first-order valence-corrected chi connectivity index (χ1v) is 8.00. The fourth-order valence-electron chi connectivity index (χ4n) is 2.12. The van der Waals surface area contributed by atoms with Crippen molar-refractivity contribution in [3.63, 3.8) is 0 Å². The summed E-state index contributed by atoms with van der Waals surface area (Å²) >= 11 is 1.94. The summed E-state index contributed by atoms with van der Waals surface area (Å²) in [6, 6.07) is 5.09. The summed E-state index contributed by atoms with van der Waals surface area (Å²) < 4.78 is 0. The van der Waals surface area contributed by atoms with Gasteiger partial charge < -0.3 is 5.32 Å². The number of allylic oxidation sites excluding steroid dienone is 1. The molecule has 0 saturated heterocycles. The Morgan fingerprint density at radius 2 is 2.17 bits per heavy atom. The van der Waals surface area contributed by atoms with E-state index >= 15 is 0 Å². The zero-order chi connectivity index (χ0) is 13.2. The Morgan fingerprint density at radius 1 is 1.33 bits per heavy atom. The molecule has 2 heteroatoms. The number of nitrogens with one attached hydrogen (secondary N) is 1. The van der Waals surface area contributed by atoms with Gasteiger partial charge in [0.25, 0.3) is 0 Å². The highest BCUT2D eigenvalue weighted by atomic mass is 32.1. The molecule has 0 amide bonds. The van der Waals surface area contributed by atoms with Crippen molar-refractivity contribution in [2.45, 2.75) is 58.4 Å². The zero-order valence-corrected chi connectivity index (χ0v) is 12.7. The second kappa shape index (κ2) is 9.35. The molecule has 1 heterocycles. The topological polar surface area (TPSA) is 12.0 Å². The molecule has 0 aliphatic carbocycles. The molecule has 18 heavy (non-hydrogen) atoms. The molecule has 1 rings (SSSR count). The van der Waals surface area contributed by atoms with E-state index in [1.165, 1.54) is 41.9 Å². The molecule has 0 aliphatic rings. The van der Waals surface area contributed by atoms with Crippen molar-refractivity contribution in [1.29, 1.82) is 0 Å². The summed E-state index contributed by atoms with van der Waals surface area (Å²) in [5, 5.41) is 3.68. The third kappa shape index (κ3) is 5.83. The van der Waals surface area contributed by atoms with Gasteiger partial charge in [-0.05, 0) is 51.3 Å². The van der Waals surface area contributed by atoms with Gasteiger partial charge in [-0.25, -0.2) is 0 Å². The van der Waals surface area contributed by atoms with Gasteiger partial charge in [0.05, 0.1) is 0 Å². The van der Waals surface area contributed by atoms with Gasteiger partial charge in [0.15, 0.2) is 0 Å². The third-order valence-corrected chi connectivity index (χ3v) is 4.26. The van der Waals surface area contributed by atoms with E-state index in [4.69, 9.17) is 0 Å². The number of aryl methyl sites for hydroxylation is 1.